The van der Waals surface area contributed by atoms with Gasteiger partial charge in [-0.2, -0.15) is 0 Å². The molecule has 0 saturated heterocycles. The number of rotatable bonds is 8. The fraction of sp³-hybridized carbons (Fsp3) is 0.765. The van der Waals surface area contributed by atoms with Crippen LogP contribution >= 0.6 is 0 Å². The highest BCUT2D eigenvalue weighted by molar-refractivity contribution is 6.81. The van der Waals surface area contributed by atoms with E-state index in [-0.39, 0.29) is 0 Å². The molecule has 0 rings (SSSR count). The van der Waals surface area contributed by atoms with Gasteiger partial charge in [0.05, 0.1) is 0 Å². The van der Waals surface area contributed by atoms with Crippen molar-refractivity contribution in [2.45, 2.75) is 72.0 Å². The fourth-order valence-corrected chi connectivity index (χ4v) is 11.4. The molecule has 0 aliphatic rings. The number of nitrogens with zero attached hydrogens (tertiary/aromatic N) is 1. The van der Waals surface area contributed by atoms with Gasteiger partial charge in [0.2, 0.25) is 0 Å². The summed E-state index contributed by atoms with van der Waals surface area (Å²) in [5, 5.41) is 0. The maximum atomic E-state index is 4.14. The molecule has 0 N–H and O–H groups in total. The highest BCUT2D eigenvalue weighted by Crippen LogP contribution is 2.44. The molecule has 0 atom stereocenters. The molecule has 0 aliphatic carbocycles. The molecular formula is C17H35NSi. The van der Waals surface area contributed by atoms with Gasteiger partial charge in [-0.3, -0.25) is 0 Å². The van der Waals surface area contributed by atoms with Crippen LogP contribution in [0.1, 0.15) is 55.4 Å². The molecule has 0 spiro atoms. The monoisotopic (exact) mass is 281 g/mol. The van der Waals surface area contributed by atoms with E-state index in [1.165, 1.54) is 11.1 Å². The fourth-order valence-electron chi connectivity index (χ4n) is 4.08. The van der Waals surface area contributed by atoms with E-state index < -0.39 is 8.24 Å². The smallest absolute Gasteiger partial charge is 0.136 e. The van der Waals surface area contributed by atoms with Gasteiger partial charge in [0, 0.05) is 13.1 Å². The lowest BCUT2D eigenvalue weighted by Gasteiger charge is -2.51. The number of hydrogen-bond acceptors (Lipinski definition) is 1. The zero-order valence-electron chi connectivity index (χ0n) is 14.5. The molecule has 1 nitrogen and oxygen atoms in total. The summed E-state index contributed by atoms with van der Waals surface area (Å²) in [5.41, 5.74) is 4.75. The topological polar surface area (TPSA) is 3.24 Å². The molecule has 0 saturated carbocycles. The largest absolute Gasteiger partial charge is 0.315 e. The van der Waals surface area contributed by atoms with Gasteiger partial charge >= 0.3 is 0 Å². The Kier molecular flexibility index (Phi) is 7.31. The van der Waals surface area contributed by atoms with Crippen molar-refractivity contribution in [3.8, 4) is 0 Å². The average molecular weight is 282 g/mol. The van der Waals surface area contributed by atoms with Crippen molar-refractivity contribution < 1.29 is 0 Å². The third-order valence-corrected chi connectivity index (χ3v) is 11.2. The summed E-state index contributed by atoms with van der Waals surface area (Å²) in [6, 6.07) is 0. The summed E-state index contributed by atoms with van der Waals surface area (Å²) < 4.78 is 2.75. The molecule has 0 fully saturated rings. The summed E-state index contributed by atoms with van der Waals surface area (Å²) in [6.07, 6.45) is 0. The summed E-state index contributed by atoms with van der Waals surface area (Å²) in [7, 11) is -1.57. The van der Waals surface area contributed by atoms with Crippen LogP contribution in [0.4, 0.5) is 0 Å². The third-order valence-electron chi connectivity index (χ3n) is 4.24. The van der Waals surface area contributed by atoms with E-state index in [0.29, 0.717) is 0 Å². The van der Waals surface area contributed by atoms with Crippen LogP contribution in [0.2, 0.25) is 16.6 Å². The van der Waals surface area contributed by atoms with Crippen molar-refractivity contribution in [3.63, 3.8) is 0 Å². The molecule has 0 radical (unpaired) electrons. The number of hydrogen-bond donors (Lipinski definition) is 0. The minimum Gasteiger partial charge on any atom is -0.315 e. The van der Waals surface area contributed by atoms with Crippen LogP contribution in [0.15, 0.2) is 24.3 Å². The SMILES string of the molecule is C=C(C)CN(CC(=C)C)[Si](C(C)C)(C(C)C)C(C)C. The summed E-state index contributed by atoms with van der Waals surface area (Å²) >= 11 is 0. The highest BCUT2D eigenvalue weighted by atomic mass is 28.3. The second-order valence-corrected chi connectivity index (χ2v) is 13.0. The molecule has 0 aromatic rings. The Bertz CT molecular complexity index is 277. The quantitative estimate of drug-likeness (QED) is 0.412. The van der Waals surface area contributed by atoms with Gasteiger partial charge in [-0.15, -0.1) is 0 Å². The van der Waals surface area contributed by atoms with Gasteiger partial charge in [0.1, 0.15) is 8.24 Å². The van der Waals surface area contributed by atoms with E-state index in [9.17, 15) is 0 Å². The first-order chi connectivity index (χ1) is 8.56. The molecule has 0 amide bonds. The van der Waals surface area contributed by atoms with Gasteiger partial charge in [-0.1, -0.05) is 65.8 Å². The average Bonchev–Trinajstić information content (AvgIpc) is 2.13. The zero-order valence-corrected chi connectivity index (χ0v) is 15.5. The van der Waals surface area contributed by atoms with E-state index >= 15 is 0 Å². The summed E-state index contributed by atoms with van der Waals surface area (Å²) in [6.45, 7) is 29.1. The van der Waals surface area contributed by atoms with Crippen LogP contribution in [0.5, 0.6) is 0 Å². The second-order valence-electron chi connectivity index (χ2n) is 7.12. The van der Waals surface area contributed by atoms with Gasteiger partial charge in [-0.25, -0.2) is 0 Å². The first-order valence-electron chi connectivity index (χ1n) is 7.60. The van der Waals surface area contributed by atoms with E-state index in [2.05, 4.69) is 73.1 Å². The molecule has 0 aliphatic heterocycles. The van der Waals surface area contributed by atoms with Crippen LogP contribution in [-0.4, -0.2) is 25.9 Å². The molecular weight excluding hydrogens is 246 g/mol. The van der Waals surface area contributed by atoms with Crippen LogP contribution in [0, 0.1) is 0 Å². The van der Waals surface area contributed by atoms with Crippen molar-refractivity contribution in [2.75, 3.05) is 13.1 Å². The molecule has 2 heteroatoms. The van der Waals surface area contributed by atoms with Gasteiger partial charge < -0.3 is 4.57 Å². The minimum atomic E-state index is -1.57. The van der Waals surface area contributed by atoms with Crippen molar-refractivity contribution in [1.82, 2.24) is 4.57 Å². The normalized spacial score (nSPS) is 12.8. The van der Waals surface area contributed by atoms with E-state index in [1.54, 1.807) is 0 Å². The molecule has 19 heavy (non-hydrogen) atoms. The Hall–Kier alpha value is -0.343. The Labute approximate surface area is 122 Å². The Morgan fingerprint density at radius 1 is 0.789 bits per heavy atom. The predicted octanol–water partition coefficient (Wildman–Crippen LogP) is 5.62. The van der Waals surface area contributed by atoms with Crippen molar-refractivity contribution >= 4 is 8.24 Å². The lowest BCUT2D eigenvalue weighted by Crippen LogP contribution is -2.60. The van der Waals surface area contributed by atoms with Gasteiger partial charge in [0.15, 0.2) is 0 Å². The Morgan fingerprint density at radius 2 is 1.05 bits per heavy atom. The van der Waals surface area contributed by atoms with Crippen molar-refractivity contribution in [2.24, 2.45) is 0 Å². The molecule has 112 valence electrons. The Morgan fingerprint density at radius 3 is 1.21 bits per heavy atom. The first kappa shape index (κ1) is 18.7. The van der Waals surface area contributed by atoms with E-state index in [0.717, 1.165) is 29.7 Å². The molecule has 0 heterocycles. The molecule has 0 aromatic carbocycles. The van der Waals surface area contributed by atoms with E-state index in [1.807, 2.05) is 0 Å². The highest BCUT2D eigenvalue weighted by Gasteiger charge is 2.47. The molecule has 0 aromatic heterocycles. The van der Waals surface area contributed by atoms with Crippen LogP contribution in [0.25, 0.3) is 0 Å². The van der Waals surface area contributed by atoms with Crippen molar-refractivity contribution in [1.29, 1.82) is 0 Å². The maximum Gasteiger partial charge on any atom is 0.136 e. The van der Waals surface area contributed by atoms with Crippen LogP contribution in [0.3, 0.4) is 0 Å². The Balaban J connectivity index is 5.70. The van der Waals surface area contributed by atoms with Gasteiger partial charge in [0.25, 0.3) is 0 Å². The van der Waals surface area contributed by atoms with Crippen LogP contribution in [-0.2, 0) is 0 Å². The zero-order chi connectivity index (χ0) is 15.4. The second kappa shape index (κ2) is 7.44. The minimum absolute atomic E-state index is 0.742. The first-order valence-corrected chi connectivity index (χ1v) is 9.78. The molecule has 0 bridgehead atoms. The van der Waals surface area contributed by atoms with Crippen molar-refractivity contribution in [3.05, 3.63) is 24.3 Å². The lowest BCUT2D eigenvalue weighted by molar-refractivity contribution is 0.446. The van der Waals surface area contributed by atoms with Gasteiger partial charge in [-0.05, 0) is 30.5 Å². The summed E-state index contributed by atoms with van der Waals surface area (Å²) in [4.78, 5) is 0. The van der Waals surface area contributed by atoms with Crippen LogP contribution < -0.4 is 0 Å². The predicted molar refractivity (Wildman–Crippen MR) is 92.2 cm³/mol. The molecule has 0 unspecified atom stereocenters. The van der Waals surface area contributed by atoms with E-state index in [4.69, 9.17) is 0 Å². The lowest BCUT2D eigenvalue weighted by atomic mass is 10.3. The maximum absolute atomic E-state index is 4.14. The standard InChI is InChI=1S/C17H35NSi/c1-13(2)11-18(12-14(3)4)19(15(5)6,16(7)8)17(9)10/h15-17H,1,3,11-12H2,2,4-10H3. The third kappa shape index (κ3) is 4.32. The summed E-state index contributed by atoms with van der Waals surface area (Å²) in [5.74, 6) is 0.